The van der Waals surface area contributed by atoms with Gasteiger partial charge in [0.2, 0.25) is 0 Å². The van der Waals surface area contributed by atoms with E-state index in [-0.39, 0.29) is 10.6 Å². The minimum absolute atomic E-state index is 0.109. The average Bonchev–Trinajstić information content (AvgIpc) is 2.47. The fourth-order valence-electron chi connectivity index (χ4n) is 2.06. The van der Waals surface area contributed by atoms with E-state index < -0.39 is 0 Å². The van der Waals surface area contributed by atoms with Gasteiger partial charge < -0.3 is 9.47 Å². The lowest BCUT2D eigenvalue weighted by molar-refractivity contribution is -0.385. The van der Waals surface area contributed by atoms with E-state index in [1.54, 1.807) is 44.6 Å². The Hall–Kier alpha value is -2.56. The number of benzene rings is 2. The molecule has 0 fully saturated rings. The van der Waals surface area contributed by atoms with Gasteiger partial charge in [-0.25, -0.2) is 0 Å². The van der Waals surface area contributed by atoms with Crippen LogP contribution >= 0.6 is 0 Å². The van der Waals surface area contributed by atoms with Gasteiger partial charge in [-0.1, -0.05) is 18.2 Å². The zero-order valence-corrected chi connectivity index (χ0v) is 11.3. The summed E-state index contributed by atoms with van der Waals surface area (Å²) in [5.41, 5.74) is 1.60. The lowest BCUT2D eigenvalue weighted by Gasteiger charge is -2.10. The van der Waals surface area contributed by atoms with Gasteiger partial charge in [-0.3, -0.25) is 10.1 Å². The largest absolute Gasteiger partial charge is 0.497 e. The van der Waals surface area contributed by atoms with Crippen molar-refractivity contribution in [3.05, 3.63) is 63.7 Å². The van der Waals surface area contributed by atoms with Gasteiger partial charge in [0.05, 0.1) is 19.1 Å². The van der Waals surface area contributed by atoms with Gasteiger partial charge >= 0.3 is 0 Å². The molecule has 0 spiro atoms. The van der Waals surface area contributed by atoms with E-state index in [2.05, 4.69) is 0 Å². The summed E-state index contributed by atoms with van der Waals surface area (Å²) in [6.07, 6.45) is 0.414. The summed E-state index contributed by atoms with van der Waals surface area (Å²) in [5, 5.41) is 11.0. The van der Waals surface area contributed by atoms with E-state index in [9.17, 15) is 10.1 Å². The fraction of sp³-hybridized carbons (Fsp3) is 0.200. The molecular formula is C15H15NO4. The number of hydrogen-bond acceptors (Lipinski definition) is 4. The summed E-state index contributed by atoms with van der Waals surface area (Å²) in [6, 6.07) is 12.1. The number of methoxy groups -OCH3 is 2. The Bertz CT molecular complexity index is 625. The number of hydrogen-bond donors (Lipinski definition) is 0. The maximum absolute atomic E-state index is 11.0. The Balaban J connectivity index is 2.41. The van der Waals surface area contributed by atoms with Crippen molar-refractivity contribution in [1.29, 1.82) is 0 Å². The topological polar surface area (TPSA) is 61.6 Å². The summed E-state index contributed by atoms with van der Waals surface area (Å²) in [5.74, 6) is 1.38. The summed E-state index contributed by atoms with van der Waals surface area (Å²) < 4.78 is 10.5. The molecule has 0 aliphatic carbocycles. The minimum atomic E-state index is -0.373. The number of ether oxygens (including phenoxy) is 2. The molecule has 0 bridgehead atoms. The van der Waals surface area contributed by atoms with Crippen molar-refractivity contribution >= 4 is 5.69 Å². The zero-order valence-electron chi connectivity index (χ0n) is 11.3. The molecule has 0 N–H and O–H groups in total. The molecule has 2 aromatic rings. The van der Waals surface area contributed by atoms with Gasteiger partial charge in [0.25, 0.3) is 5.69 Å². The molecule has 0 amide bonds. The maximum atomic E-state index is 11.0. The number of nitro groups is 1. The lowest BCUT2D eigenvalue weighted by atomic mass is 10.0. The Morgan fingerprint density at radius 1 is 1.05 bits per heavy atom. The van der Waals surface area contributed by atoms with Crippen LogP contribution in [0.2, 0.25) is 0 Å². The summed E-state index contributed by atoms with van der Waals surface area (Å²) >= 11 is 0. The molecule has 0 aliphatic rings. The molecule has 104 valence electrons. The van der Waals surface area contributed by atoms with Gasteiger partial charge in [-0.15, -0.1) is 0 Å². The van der Waals surface area contributed by atoms with Crippen LogP contribution in [0.4, 0.5) is 5.69 Å². The average molecular weight is 273 g/mol. The van der Waals surface area contributed by atoms with Crippen LogP contribution in [0.3, 0.4) is 0 Å². The Morgan fingerprint density at radius 3 is 2.45 bits per heavy atom. The van der Waals surface area contributed by atoms with Gasteiger partial charge in [0, 0.05) is 23.6 Å². The molecule has 0 atom stereocenters. The summed E-state index contributed by atoms with van der Waals surface area (Å²) in [4.78, 5) is 10.7. The van der Waals surface area contributed by atoms with Crippen molar-refractivity contribution in [2.24, 2.45) is 0 Å². The van der Waals surface area contributed by atoms with E-state index >= 15 is 0 Å². The molecule has 5 heteroatoms. The second-order valence-electron chi connectivity index (χ2n) is 4.24. The van der Waals surface area contributed by atoms with Crippen molar-refractivity contribution in [3.8, 4) is 11.5 Å². The molecule has 0 aliphatic heterocycles. The number of rotatable bonds is 5. The van der Waals surface area contributed by atoms with Crippen molar-refractivity contribution in [2.45, 2.75) is 6.42 Å². The van der Waals surface area contributed by atoms with E-state index in [1.807, 2.05) is 6.07 Å². The first-order valence-corrected chi connectivity index (χ1v) is 6.09. The molecule has 0 radical (unpaired) electrons. The molecule has 20 heavy (non-hydrogen) atoms. The van der Waals surface area contributed by atoms with Crippen LogP contribution in [0, 0.1) is 10.1 Å². The van der Waals surface area contributed by atoms with E-state index in [0.29, 0.717) is 23.5 Å². The Morgan fingerprint density at radius 2 is 1.80 bits per heavy atom. The van der Waals surface area contributed by atoms with Gasteiger partial charge in [-0.05, 0) is 18.2 Å². The molecule has 0 heterocycles. The van der Waals surface area contributed by atoms with E-state index in [0.717, 1.165) is 5.56 Å². The smallest absolute Gasteiger partial charge is 0.272 e. The summed E-state index contributed by atoms with van der Waals surface area (Å²) in [7, 11) is 3.15. The highest BCUT2D eigenvalue weighted by Crippen LogP contribution is 2.29. The molecular weight excluding hydrogens is 258 g/mol. The monoisotopic (exact) mass is 273 g/mol. The van der Waals surface area contributed by atoms with Crippen LogP contribution in [0.5, 0.6) is 11.5 Å². The van der Waals surface area contributed by atoms with Gasteiger partial charge in [0.15, 0.2) is 0 Å². The zero-order chi connectivity index (χ0) is 14.5. The third-order valence-electron chi connectivity index (χ3n) is 3.06. The maximum Gasteiger partial charge on any atom is 0.272 e. The molecule has 0 aromatic heterocycles. The number of nitrogens with zero attached hydrogens (tertiary/aromatic N) is 1. The first kappa shape index (κ1) is 13.9. The summed E-state index contributed by atoms with van der Waals surface area (Å²) in [6.45, 7) is 0. The van der Waals surface area contributed by atoms with Gasteiger partial charge in [-0.2, -0.15) is 0 Å². The van der Waals surface area contributed by atoms with E-state index in [4.69, 9.17) is 9.47 Å². The van der Waals surface area contributed by atoms with Crippen LogP contribution in [0.1, 0.15) is 11.1 Å². The van der Waals surface area contributed by atoms with Gasteiger partial charge in [0.1, 0.15) is 11.5 Å². The molecule has 2 rings (SSSR count). The molecule has 2 aromatic carbocycles. The van der Waals surface area contributed by atoms with Crippen molar-refractivity contribution in [2.75, 3.05) is 14.2 Å². The van der Waals surface area contributed by atoms with Crippen LogP contribution in [-0.2, 0) is 6.42 Å². The van der Waals surface area contributed by atoms with Crippen LogP contribution in [0.25, 0.3) is 0 Å². The molecule has 0 saturated carbocycles. The number of para-hydroxylation sites is 1. The van der Waals surface area contributed by atoms with Crippen molar-refractivity contribution < 1.29 is 14.4 Å². The normalized spacial score (nSPS) is 10.1. The highest BCUT2D eigenvalue weighted by atomic mass is 16.6. The van der Waals surface area contributed by atoms with Crippen LogP contribution < -0.4 is 9.47 Å². The number of nitro benzene ring substituents is 1. The standard InChI is InChI=1S/C15H15NO4/c1-19-13-7-8-15(20-2)12(10-13)9-11-5-3-4-6-14(11)16(17)18/h3-8,10H,9H2,1-2H3. The van der Waals surface area contributed by atoms with E-state index in [1.165, 1.54) is 6.07 Å². The molecule has 0 saturated heterocycles. The predicted octanol–water partition coefficient (Wildman–Crippen LogP) is 3.20. The fourth-order valence-corrected chi connectivity index (χ4v) is 2.06. The third kappa shape index (κ3) is 2.88. The second kappa shape index (κ2) is 6.06. The molecule has 5 nitrogen and oxygen atoms in total. The lowest BCUT2D eigenvalue weighted by Crippen LogP contribution is -1.99. The highest BCUT2D eigenvalue weighted by Gasteiger charge is 2.15. The van der Waals surface area contributed by atoms with Crippen LogP contribution in [-0.4, -0.2) is 19.1 Å². The van der Waals surface area contributed by atoms with Crippen molar-refractivity contribution in [1.82, 2.24) is 0 Å². The predicted molar refractivity (Wildman–Crippen MR) is 75.4 cm³/mol. The Labute approximate surface area is 116 Å². The molecule has 0 unspecified atom stereocenters. The highest BCUT2D eigenvalue weighted by molar-refractivity contribution is 5.48. The second-order valence-corrected chi connectivity index (χ2v) is 4.24. The quantitative estimate of drug-likeness (QED) is 0.620. The van der Waals surface area contributed by atoms with Crippen LogP contribution in [0.15, 0.2) is 42.5 Å². The first-order valence-electron chi connectivity index (χ1n) is 6.09. The Kier molecular flexibility index (Phi) is 4.20. The minimum Gasteiger partial charge on any atom is -0.497 e. The first-order chi connectivity index (χ1) is 9.65. The SMILES string of the molecule is COc1ccc(OC)c(Cc2ccccc2[N+](=O)[O-])c1. The third-order valence-corrected chi connectivity index (χ3v) is 3.06. The van der Waals surface area contributed by atoms with Crippen molar-refractivity contribution in [3.63, 3.8) is 0 Å².